The summed E-state index contributed by atoms with van der Waals surface area (Å²) in [6.45, 7) is 1.44. The Morgan fingerprint density at radius 3 is 2.83 bits per heavy atom. The minimum atomic E-state index is -0.555. The Kier molecular flexibility index (Phi) is 5.52. The molecule has 94 valence electrons. The Morgan fingerprint density at radius 1 is 1.50 bits per heavy atom. The molecule has 0 aliphatic rings. The molecule has 0 N–H and O–H groups in total. The van der Waals surface area contributed by atoms with Crippen molar-refractivity contribution in [2.45, 2.75) is 25.7 Å². The maximum absolute atomic E-state index is 11.1. The first-order valence-electron chi connectivity index (χ1n) is 5.59. The summed E-state index contributed by atoms with van der Waals surface area (Å²) in [5.41, 5.74) is 0.655. The molecule has 18 heavy (non-hydrogen) atoms. The number of esters is 1. The number of carbonyl (C=O) groups is 2. The maximum Gasteiger partial charge on any atom is 0.313 e. The van der Waals surface area contributed by atoms with Crippen LogP contribution in [0.4, 0.5) is 0 Å². The lowest BCUT2D eigenvalue weighted by Crippen LogP contribution is -2.11. The molecule has 1 unspecified atom stereocenters. The average molecular weight is 246 g/mol. The van der Waals surface area contributed by atoms with Gasteiger partial charge in [0, 0.05) is 12.6 Å². The number of ether oxygens (including phenoxy) is 1. The Labute approximate surface area is 105 Å². The summed E-state index contributed by atoms with van der Waals surface area (Å²) in [4.78, 5) is 25.9. The molecule has 0 bridgehead atoms. The molecule has 0 saturated carbocycles. The molecule has 0 aliphatic heterocycles. The third-order valence-electron chi connectivity index (χ3n) is 2.26. The van der Waals surface area contributed by atoms with Gasteiger partial charge < -0.3 is 4.74 Å². The highest BCUT2D eigenvalue weighted by molar-refractivity contribution is 5.94. The molecule has 1 heterocycles. The molecule has 0 amide bonds. The van der Waals surface area contributed by atoms with Gasteiger partial charge in [-0.15, -0.1) is 0 Å². The fourth-order valence-electron chi connectivity index (χ4n) is 1.41. The Bertz CT molecular complexity index is 451. The normalized spacial score (nSPS) is 11.3. The highest BCUT2D eigenvalue weighted by atomic mass is 16.5. The fraction of sp³-hybridized carbons (Fsp3) is 0.385. The minimum Gasteiger partial charge on any atom is -0.465 e. The van der Waals surface area contributed by atoms with Gasteiger partial charge in [-0.2, -0.15) is 5.26 Å². The summed E-state index contributed by atoms with van der Waals surface area (Å²) in [6, 6.07) is 7.44. The van der Waals surface area contributed by atoms with Crippen LogP contribution in [0.3, 0.4) is 0 Å². The highest BCUT2D eigenvalue weighted by Crippen LogP contribution is 2.15. The van der Waals surface area contributed by atoms with Gasteiger partial charge in [-0.3, -0.25) is 14.6 Å². The van der Waals surface area contributed by atoms with Crippen LogP contribution < -0.4 is 0 Å². The van der Waals surface area contributed by atoms with Crippen LogP contribution in [0.1, 0.15) is 31.4 Å². The van der Waals surface area contributed by atoms with E-state index in [9.17, 15) is 9.59 Å². The van der Waals surface area contributed by atoms with Crippen molar-refractivity contribution in [3.63, 3.8) is 0 Å². The van der Waals surface area contributed by atoms with Gasteiger partial charge in [0.25, 0.3) is 0 Å². The summed E-state index contributed by atoms with van der Waals surface area (Å²) >= 11 is 0. The van der Waals surface area contributed by atoms with Crippen LogP contribution in [0.15, 0.2) is 24.4 Å². The number of hydrogen-bond acceptors (Lipinski definition) is 5. The van der Waals surface area contributed by atoms with Crippen molar-refractivity contribution in [3.8, 4) is 6.07 Å². The predicted molar refractivity (Wildman–Crippen MR) is 63.5 cm³/mol. The summed E-state index contributed by atoms with van der Waals surface area (Å²) in [5.74, 6) is -1.20. The van der Waals surface area contributed by atoms with Crippen molar-refractivity contribution in [1.29, 1.82) is 5.26 Å². The van der Waals surface area contributed by atoms with E-state index < -0.39 is 11.9 Å². The van der Waals surface area contributed by atoms with E-state index in [0.717, 1.165) is 0 Å². The second kappa shape index (κ2) is 7.17. The van der Waals surface area contributed by atoms with Crippen LogP contribution in [0, 0.1) is 11.3 Å². The zero-order valence-electron chi connectivity index (χ0n) is 10.1. The third kappa shape index (κ3) is 4.74. The largest absolute Gasteiger partial charge is 0.465 e. The number of pyridine rings is 1. The van der Waals surface area contributed by atoms with Crippen LogP contribution in [0.2, 0.25) is 0 Å². The molecular formula is C13H14N2O3. The SMILES string of the molecule is CC(=O)CC(=O)OCCC(C#N)c1ccccn1. The van der Waals surface area contributed by atoms with Gasteiger partial charge >= 0.3 is 5.97 Å². The number of hydrogen-bond donors (Lipinski definition) is 0. The Balaban J connectivity index is 2.40. The predicted octanol–water partition coefficient (Wildman–Crippen LogP) is 1.60. The van der Waals surface area contributed by atoms with Crippen LogP contribution in [-0.2, 0) is 14.3 Å². The van der Waals surface area contributed by atoms with E-state index in [2.05, 4.69) is 11.1 Å². The van der Waals surface area contributed by atoms with Crippen molar-refractivity contribution < 1.29 is 14.3 Å². The van der Waals surface area contributed by atoms with E-state index in [4.69, 9.17) is 10.00 Å². The van der Waals surface area contributed by atoms with E-state index in [1.165, 1.54) is 6.92 Å². The van der Waals surface area contributed by atoms with Crippen molar-refractivity contribution >= 4 is 11.8 Å². The van der Waals surface area contributed by atoms with E-state index in [1.54, 1.807) is 24.4 Å². The van der Waals surface area contributed by atoms with Crippen molar-refractivity contribution in [2.75, 3.05) is 6.61 Å². The molecule has 5 nitrogen and oxygen atoms in total. The van der Waals surface area contributed by atoms with Crippen LogP contribution in [-0.4, -0.2) is 23.3 Å². The second-order valence-electron chi connectivity index (χ2n) is 3.82. The standard InChI is InChI=1S/C13H14N2O3/c1-10(16)8-13(17)18-7-5-11(9-14)12-4-2-3-6-15-12/h2-4,6,11H,5,7-8H2,1H3. The maximum atomic E-state index is 11.1. The van der Waals surface area contributed by atoms with Crippen molar-refractivity contribution in [1.82, 2.24) is 4.98 Å². The van der Waals surface area contributed by atoms with Gasteiger partial charge in [0.15, 0.2) is 0 Å². The molecule has 0 radical (unpaired) electrons. The molecule has 0 aliphatic carbocycles. The topological polar surface area (TPSA) is 80.0 Å². The Morgan fingerprint density at radius 2 is 2.28 bits per heavy atom. The second-order valence-corrected chi connectivity index (χ2v) is 3.82. The average Bonchev–Trinajstić information content (AvgIpc) is 2.35. The van der Waals surface area contributed by atoms with Gasteiger partial charge in [0.2, 0.25) is 0 Å². The lowest BCUT2D eigenvalue weighted by molar-refractivity contribution is -0.145. The number of carbonyl (C=O) groups excluding carboxylic acids is 2. The first-order valence-corrected chi connectivity index (χ1v) is 5.59. The van der Waals surface area contributed by atoms with Crippen LogP contribution in [0.25, 0.3) is 0 Å². The lowest BCUT2D eigenvalue weighted by Gasteiger charge is -2.08. The fourth-order valence-corrected chi connectivity index (χ4v) is 1.41. The molecule has 1 aromatic rings. The molecule has 0 aromatic carbocycles. The molecule has 5 heteroatoms. The molecule has 1 atom stereocenters. The van der Waals surface area contributed by atoms with E-state index in [1.807, 2.05) is 0 Å². The first-order chi connectivity index (χ1) is 8.63. The molecular weight excluding hydrogens is 232 g/mol. The zero-order chi connectivity index (χ0) is 13.4. The van der Waals surface area contributed by atoms with Gasteiger partial charge in [0.1, 0.15) is 12.2 Å². The number of nitrogens with zero attached hydrogens (tertiary/aromatic N) is 2. The number of ketones is 1. The quantitative estimate of drug-likeness (QED) is 0.562. The van der Waals surface area contributed by atoms with E-state index in [0.29, 0.717) is 12.1 Å². The smallest absolute Gasteiger partial charge is 0.313 e. The molecule has 1 aromatic heterocycles. The van der Waals surface area contributed by atoms with Gasteiger partial charge in [0.05, 0.1) is 24.3 Å². The van der Waals surface area contributed by atoms with Crippen LogP contribution >= 0.6 is 0 Å². The molecule has 1 rings (SSSR count). The summed E-state index contributed by atoms with van der Waals surface area (Å²) in [7, 11) is 0. The molecule has 0 spiro atoms. The van der Waals surface area contributed by atoms with E-state index in [-0.39, 0.29) is 18.8 Å². The van der Waals surface area contributed by atoms with Gasteiger partial charge in [-0.05, 0) is 19.1 Å². The Hall–Kier alpha value is -2.22. The summed E-state index contributed by atoms with van der Waals surface area (Å²) < 4.78 is 4.87. The zero-order valence-corrected chi connectivity index (χ0v) is 10.1. The number of aromatic nitrogens is 1. The van der Waals surface area contributed by atoms with Crippen molar-refractivity contribution in [2.24, 2.45) is 0 Å². The van der Waals surface area contributed by atoms with E-state index >= 15 is 0 Å². The number of nitriles is 1. The van der Waals surface area contributed by atoms with Gasteiger partial charge in [-0.25, -0.2) is 0 Å². The first kappa shape index (κ1) is 13.8. The highest BCUT2D eigenvalue weighted by Gasteiger charge is 2.13. The summed E-state index contributed by atoms with van der Waals surface area (Å²) in [6.07, 6.45) is 1.76. The number of rotatable bonds is 6. The third-order valence-corrected chi connectivity index (χ3v) is 2.26. The molecule has 0 fully saturated rings. The molecule has 0 saturated heterocycles. The minimum absolute atomic E-state index is 0.112. The van der Waals surface area contributed by atoms with Crippen molar-refractivity contribution in [3.05, 3.63) is 30.1 Å². The van der Waals surface area contributed by atoms with Gasteiger partial charge in [-0.1, -0.05) is 6.07 Å². The monoisotopic (exact) mass is 246 g/mol. The van der Waals surface area contributed by atoms with Crippen LogP contribution in [0.5, 0.6) is 0 Å². The number of Topliss-reactive ketones (excluding diaryl/α,β-unsaturated/α-hetero) is 1. The summed E-state index contributed by atoms with van der Waals surface area (Å²) in [5, 5.41) is 9.01. The lowest BCUT2D eigenvalue weighted by atomic mass is 10.0.